The predicted molar refractivity (Wildman–Crippen MR) is 116 cm³/mol. The Bertz CT molecular complexity index is 1170. The number of rotatable bonds is 7. The molecule has 0 fully saturated rings. The van der Waals surface area contributed by atoms with Crippen molar-refractivity contribution in [2.24, 2.45) is 0 Å². The van der Waals surface area contributed by atoms with Gasteiger partial charge in [-0.2, -0.15) is 0 Å². The monoisotopic (exact) mass is 421 g/mol. The van der Waals surface area contributed by atoms with Crippen LogP contribution in [0.2, 0.25) is 0 Å². The summed E-state index contributed by atoms with van der Waals surface area (Å²) < 4.78 is 37.8. The summed E-state index contributed by atoms with van der Waals surface area (Å²) in [5.74, 6) is -0.425. The standard InChI is InChI=1S/C24H21F2N3O2/c1-30-18-7-5-6-17(13-18)29-24-28-15-23(31-24)19-8-3-2-4-9-22(19)27-14-16-10-11-20(25)21(26)12-16/h2,4-13,15,27H,3,14H2,1H3,(H,28,29). The maximum atomic E-state index is 13.5. The second-order valence-corrected chi connectivity index (χ2v) is 6.85. The summed E-state index contributed by atoms with van der Waals surface area (Å²) in [5.41, 5.74) is 3.04. The fourth-order valence-electron chi connectivity index (χ4n) is 3.14. The van der Waals surface area contributed by atoms with E-state index in [9.17, 15) is 8.78 Å². The third kappa shape index (κ3) is 5.01. The molecule has 4 rings (SSSR count). The molecule has 2 aromatic carbocycles. The molecule has 0 saturated carbocycles. The van der Waals surface area contributed by atoms with E-state index in [0.717, 1.165) is 35.2 Å². The molecular formula is C24H21F2N3O2. The van der Waals surface area contributed by atoms with Gasteiger partial charge in [0.1, 0.15) is 5.75 Å². The first-order valence-corrected chi connectivity index (χ1v) is 9.75. The normalized spacial score (nSPS) is 13.3. The summed E-state index contributed by atoms with van der Waals surface area (Å²) in [4.78, 5) is 4.32. The molecule has 3 aromatic rings. The minimum absolute atomic E-state index is 0.331. The molecule has 5 nitrogen and oxygen atoms in total. The van der Waals surface area contributed by atoms with E-state index < -0.39 is 11.6 Å². The van der Waals surface area contributed by atoms with Crippen molar-refractivity contribution in [3.8, 4) is 5.75 Å². The number of methoxy groups -OCH3 is 1. The Morgan fingerprint density at radius 3 is 2.87 bits per heavy atom. The third-order valence-corrected chi connectivity index (χ3v) is 4.71. The number of nitrogens with one attached hydrogen (secondary N) is 2. The Balaban J connectivity index is 1.50. The quantitative estimate of drug-likeness (QED) is 0.511. The summed E-state index contributed by atoms with van der Waals surface area (Å²) in [6.07, 6.45) is 10.2. The summed E-state index contributed by atoms with van der Waals surface area (Å²) in [6, 6.07) is 11.6. The summed E-state index contributed by atoms with van der Waals surface area (Å²) in [5, 5.41) is 6.40. The van der Waals surface area contributed by atoms with Crippen LogP contribution in [-0.2, 0) is 6.54 Å². The van der Waals surface area contributed by atoms with Gasteiger partial charge < -0.3 is 19.8 Å². The molecule has 31 heavy (non-hydrogen) atoms. The number of hydrogen-bond acceptors (Lipinski definition) is 5. The van der Waals surface area contributed by atoms with E-state index in [0.29, 0.717) is 23.9 Å². The number of aromatic nitrogens is 1. The number of hydrogen-bond donors (Lipinski definition) is 2. The van der Waals surface area contributed by atoms with Gasteiger partial charge in [0, 0.05) is 29.6 Å². The van der Waals surface area contributed by atoms with E-state index in [-0.39, 0.29) is 0 Å². The molecule has 0 spiro atoms. The highest BCUT2D eigenvalue weighted by Crippen LogP contribution is 2.28. The van der Waals surface area contributed by atoms with Gasteiger partial charge in [-0.25, -0.2) is 13.8 Å². The lowest BCUT2D eigenvalue weighted by Crippen LogP contribution is -2.14. The lowest BCUT2D eigenvalue weighted by Gasteiger charge is -2.13. The summed E-state index contributed by atoms with van der Waals surface area (Å²) in [6.45, 7) is 0.331. The molecule has 7 heteroatoms. The zero-order valence-corrected chi connectivity index (χ0v) is 16.9. The first kappa shape index (κ1) is 20.4. The fraction of sp³-hybridized carbons (Fsp3) is 0.125. The molecule has 0 aliphatic heterocycles. The van der Waals surface area contributed by atoms with Crippen molar-refractivity contribution >= 4 is 17.3 Å². The second kappa shape index (κ2) is 9.30. The van der Waals surface area contributed by atoms with Gasteiger partial charge in [-0.05, 0) is 42.3 Å². The maximum absolute atomic E-state index is 13.5. The van der Waals surface area contributed by atoms with Crippen molar-refractivity contribution < 1.29 is 17.9 Å². The number of halogens is 2. The topological polar surface area (TPSA) is 59.3 Å². The first-order valence-electron chi connectivity index (χ1n) is 9.75. The third-order valence-electron chi connectivity index (χ3n) is 4.71. The molecule has 1 aromatic heterocycles. The smallest absolute Gasteiger partial charge is 0.299 e. The van der Waals surface area contributed by atoms with Crippen LogP contribution in [0.5, 0.6) is 5.75 Å². The average molecular weight is 421 g/mol. The van der Waals surface area contributed by atoms with Gasteiger partial charge in [0.2, 0.25) is 0 Å². The average Bonchev–Trinajstić information content (AvgIpc) is 3.10. The van der Waals surface area contributed by atoms with Crippen molar-refractivity contribution in [3.63, 3.8) is 0 Å². The van der Waals surface area contributed by atoms with E-state index in [1.54, 1.807) is 19.4 Å². The second-order valence-electron chi connectivity index (χ2n) is 6.85. The summed E-state index contributed by atoms with van der Waals surface area (Å²) >= 11 is 0. The lowest BCUT2D eigenvalue weighted by molar-refractivity contribution is 0.415. The van der Waals surface area contributed by atoms with E-state index in [1.165, 1.54) is 6.07 Å². The van der Waals surface area contributed by atoms with E-state index in [1.807, 2.05) is 48.6 Å². The van der Waals surface area contributed by atoms with Crippen LogP contribution in [0.3, 0.4) is 0 Å². The maximum Gasteiger partial charge on any atom is 0.299 e. The minimum Gasteiger partial charge on any atom is -0.497 e. The van der Waals surface area contributed by atoms with Gasteiger partial charge in [-0.15, -0.1) is 0 Å². The van der Waals surface area contributed by atoms with Crippen molar-refractivity contribution in [3.05, 3.63) is 102 Å². The Morgan fingerprint density at radius 1 is 1.13 bits per heavy atom. The fourth-order valence-corrected chi connectivity index (χ4v) is 3.14. The molecule has 158 valence electrons. The molecule has 0 saturated heterocycles. The van der Waals surface area contributed by atoms with Gasteiger partial charge in [-0.3, -0.25) is 0 Å². The molecule has 0 unspecified atom stereocenters. The van der Waals surface area contributed by atoms with Gasteiger partial charge in [0.05, 0.1) is 13.3 Å². The van der Waals surface area contributed by atoms with E-state index >= 15 is 0 Å². The Kier molecular flexibility index (Phi) is 6.12. The molecule has 0 amide bonds. The Morgan fingerprint density at radius 2 is 2.03 bits per heavy atom. The van der Waals surface area contributed by atoms with Crippen LogP contribution in [0.1, 0.15) is 17.7 Å². The molecular weight excluding hydrogens is 400 g/mol. The van der Waals surface area contributed by atoms with Crippen LogP contribution >= 0.6 is 0 Å². The molecule has 1 heterocycles. The number of ether oxygens (including phenoxy) is 1. The van der Waals surface area contributed by atoms with Gasteiger partial charge >= 0.3 is 0 Å². The molecule has 0 atom stereocenters. The van der Waals surface area contributed by atoms with Crippen LogP contribution in [0, 0.1) is 11.6 Å². The van der Waals surface area contributed by atoms with Crippen molar-refractivity contribution in [2.75, 3.05) is 12.4 Å². The highest BCUT2D eigenvalue weighted by molar-refractivity contribution is 5.77. The van der Waals surface area contributed by atoms with Crippen molar-refractivity contribution in [1.29, 1.82) is 0 Å². The van der Waals surface area contributed by atoms with Crippen LogP contribution in [0.25, 0.3) is 5.57 Å². The Hall–Kier alpha value is -3.87. The Labute approximate surface area is 178 Å². The zero-order valence-electron chi connectivity index (χ0n) is 16.9. The van der Waals surface area contributed by atoms with Crippen molar-refractivity contribution in [1.82, 2.24) is 10.3 Å². The number of benzene rings is 2. The molecule has 1 aliphatic carbocycles. The van der Waals surface area contributed by atoms with Crippen molar-refractivity contribution in [2.45, 2.75) is 13.0 Å². The van der Waals surface area contributed by atoms with E-state index in [2.05, 4.69) is 15.6 Å². The van der Waals surface area contributed by atoms with Crippen LogP contribution in [0.4, 0.5) is 20.5 Å². The SMILES string of the molecule is COc1cccc(Nc2ncc(C3=CCC=CC=C3NCc3ccc(F)c(F)c3)o2)c1. The number of allylic oxidation sites excluding steroid dienone is 5. The summed E-state index contributed by atoms with van der Waals surface area (Å²) in [7, 11) is 1.61. The first-order chi connectivity index (χ1) is 15.1. The van der Waals surface area contributed by atoms with Gasteiger partial charge in [-0.1, -0.05) is 30.4 Å². The van der Waals surface area contributed by atoms with Gasteiger partial charge in [0.25, 0.3) is 6.01 Å². The number of oxazole rings is 1. The largest absolute Gasteiger partial charge is 0.497 e. The van der Waals surface area contributed by atoms with Gasteiger partial charge in [0.15, 0.2) is 17.4 Å². The van der Waals surface area contributed by atoms with Crippen LogP contribution in [0.15, 0.2) is 83.1 Å². The highest BCUT2D eigenvalue weighted by Gasteiger charge is 2.15. The molecule has 0 radical (unpaired) electrons. The van der Waals surface area contributed by atoms with Crippen LogP contribution < -0.4 is 15.4 Å². The number of nitrogens with zero attached hydrogens (tertiary/aromatic N) is 1. The lowest BCUT2D eigenvalue weighted by atomic mass is 10.1. The van der Waals surface area contributed by atoms with E-state index in [4.69, 9.17) is 9.15 Å². The molecule has 2 N–H and O–H groups in total. The highest BCUT2D eigenvalue weighted by atomic mass is 19.2. The minimum atomic E-state index is -0.867. The predicted octanol–water partition coefficient (Wildman–Crippen LogP) is 5.72. The molecule has 1 aliphatic rings. The van der Waals surface area contributed by atoms with Crippen LogP contribution in [-0.4, -0.2) is 12.1 Å². The number of anilines is 2. The molecule has 0 bridgehead atoms. The zero-order chi connectivity index (χ0) is 21.6.